The first-order valence-electron chi connectivity index (χ1n) is 7.57. The number of carbonyl (C=O) groups excluding carboxylic acids is 2. The van der Waals surface area contributed by atoms with Gasteiger partial charge in [-0.1, -0.05) is 35.3 Å². The smallest absolute Gasteiger partial charge is 0.276 e. The second-order valence-corrected chi connectivity index (χ2v) is 6.40. The fourth-order valence-electron chi connectivity index (χ4n) is 2.25. The van der Waals surface area contributed by atoms with Gasteiger partial charge in [-0.15, -0.1) is 0 Å². The van der Waals surface area contributed by atoms with Crippen molar-refractivity contribution in [3.05, 3.63) is 63.1 Å². The maximum absolute atomic E-state index is 11.9. The van der Waals surface area contributed by atoms with Crippen molar-refractivity contribution in [2.75, 3.05) is 6.61 Å². The molecule has 2 amide bonds. The quantitative estimate of drug-likeness (QED) is 0.781. The first kappa shape index (κ1) is 19.1. The van der Waals surface area contributed by atoms with Crippen molar-refractivity contribution in [1.29, 1.82) is 0 Å². The molecule has 0 aliphatic heterocycles. The average molecular weight is 381 g/mol. The number of nitrogens with one attached hydrogen (secondary N) is 2. The summed E-state index contributed by atoms with van der Waals surface area (Å²) in [5, 5.41) is 0.791. The van der Waals surface area contributed by atoms with Crippen LogP contribution in [0.25, 0.3) is 0 Å². The van der Waals surface area contributed by atoms with Crippen LogP contribution >= 0.6 is 23.2 Å². The molecular weight excluding hydrogens is 363 g/mol. The molecule has 7 heteroatoms. The largest absolute Gasteiger partial charge is 0.484 e. The van der Waals surface area contributed by atoms with E-state index in [-0.39, 0.29) is 13.0 Å². The lowest BCUT2D eigenvalue weighted by atomic mass is 10.1. The van der Waals surface area contributed by atoms with Gasteiger partial charge >= 0.3 is 0 Å². The van der Waals surface area contributed by atoms with Crippen LogP contribution in [0, 0.1) is 13.8 Å². The normalized spacial score (nSPS) is 10.2. The second kappa shape index (κ2) is 8.74. The van der Waals surface area contributed by atoms with Crippen molar-refractivity contribution in [2.24, 2.45) is 0 Å². The molecule has 0 atom stereocenters. The number of hydrogen-bond acceptors (Lipinski definition) is 3. The van der Waals surface area contributed by atoms with E-state index >= 15 is 0 Å². The summed E-state index contributed by atoms with van der Waals surface area (Å²) in [7, 11) is 0. The Morgan fingerprint density at radius 1 is 0.960 bits per heavy atom. The highest BCUT2D eigenvalue weighted by Crippen LogP contribution is 2.24. The molecule has 0 bridgehead atoms. The Hall–Kier alpha value is -2.24. The Morgan fingerprint density at radius 3 is 2.12 bits per heavy atom. The van der Waals surface area contributed by atoms with Gasteiger partial charge in [0.2, 0.25) is 5.91 Å². The lowest BCUT2D eigenvalue weighted by Crippen LogP contribution is -2.44. The van der Waals surface area contributed by atoms with Gasteiger partial charge in [-0.05, 0) is 54.8 Å². The minimum Gasteiger partial charge on any atom is -0.484 e. The summed E-state index contributed by atoms with van der Waals surface area (Å²) < 4.78 is 5.41. The van der Waals surface area contributed by atoms with E-state index in [1.165, 1.54) is 0 Å². The SMILES string of the molecule is Cc1cc(C)cc(OCC(=O)NNC(=O)Cc2c(Cl)cccc2Cl)c1. The molecule has 132 valence electrons. The number of amides is 2. The average Bonchev–Trinajstić information content (AvgIpc) is 2.53. The molecule has 0 saturated heterocycles. The van der Waals surface area contributed by atoms with Gasteiger partial charge in [-0.25, -0.2) is 0 Å². The number of hydrazine groups is 1. The van der Waals surface area contributed by atoms with Crippen molar-refractivity contribution in [3.8, 4) is 5.75 Å². The number of carbonyl (C=O) groups is 2. The number of benzene rings is 2. The number of halogens is 2. The number of rotatable bonds is 5. The number of hydrogen-bond donors (Lipinski definition) is 2. The van der Waals surface area contributed by atoms with Crippen LogP contribution < -0.4 is 15.6 Å². The highest BCUT2D eigenvalue weighted by molar-refractivity contribution is 6.36. The molecule has 2 rings (SSSR count). The van der Waals surface area contributed by atoms with Crippen LogP contribution in [-0.2, 0) is 16.0 Å². The van der Waals surface area contributed by atoms with Gasteiger partial charge in [0.05, 0.1) is 6.42 Å². The molecule has 25 heavy (non-hydrogen) atoms. The molecule has 0 heterocycles. The molecule has 0 spiro atoms. The van der Waals surface area contributed by atoms with Crippen LogP contribution in [0.1, 0.15) is 16.7 Å². The Bertz CT molecular complexity index is 753. The molecule has 0 radical (unpaired) electrons. The summed E-state index contributed by atoms with van der Waals surface area (Å²) in [6.45, 7) is 3.68. The Morgan fingerprint density at radius 2 is 1.52 bits per heavy atom. The Balaban J connectivity index is 1.80. The summed E-state index contributed by atoms with van der Waals surface area (Å²) in [5.41, 5.74) is 7.19. The van der Waals surface area contributed by atoms with Crippen molar-refractivity contribution in [1.82, 2.24) is 10.9 Å². The lowest BCUT2D eigenvalue weighted by Gasteiger charge is -2.11. The summed E-state index contributed by atoms with van der Waals surface area (Å²) in [6.07, 6.45) is -0.0449. The van der Waals surface area contributed by atoms with Crippen LogP contribution in [0.5, 0.6) is 5.75 Å². The van der Waals surface area contributed by atoms with Crippen LogP contribution in [0.2, 0.25) is 10.0 Å². The third-order valence-corrected chi connectivity index (χ3v) is 4.01. The Kier molecular flexibility index (Phi) is 6.67. The second-order valence-electron chi connectivity index (χ2n) is 5.59. The maximum Gasteiger partial charge on any atom is 0.276 e. The Labute approximate surface area is 156 Å². The molecule has 0 aromatic heterocycles. The topological polar surface area (TPSA) is 67.4 Å². The van der Waals surface area contributed by atoms with E-state index in [1.54, 1.807) is 18.2 Å². The first-order chi connectivity index (χ1) is 11.8. The minimum atomic E-state index is -0.474. The maximum atomic E-state index is 11.9. The fraction of sp³-hybridized carbons (Fsp3) is 0.222. The third-order valence-electron chi connectivity index (χ3n) is 3.31. The fourth-order valence-corrected chi connectivity index (χ4v) is 2.78. The van der Waals surface area contributed by atoms with E-state index < -0.39 is 11.8 Å². The predicted molar refractivity (Wildman–Crippen MR) is 97.9 cm³/mol. The summed E-state index contributed by atoms with van der Waals surface area (Å²) in [4.78, 5) is 23.7. The number of ether oxygens (including phenoxy) is 1. The zero-order valence-electron chi connectivity index (χ0n) is 13.9. The summed E-state index contributed by atoms with van der Waals surface area (Å²) in [6, 6.07) is 10.7. The zero-order valence-corrected chi connectivity index (χ0v) is 15.4. The number of aryl methyl sites for hydroxylation is 2. The predicted octanol–water partition coefficient (Wildman–Crippen LogP) is 3.38. The van der Waals surface area contributed by atoms with Crippen LogP contribution in [0.3, 0.4) is 0 Å². The third kappa shape index (κ3) is 5.96. The molecule has 0 unspecified atom stereocenters. The molecule has 0 aliphatic rings. The molecule has 2 N–H and O–H groups in total. The van der Waals surface area contributed by atoms with E-state index in [1.807, 2.05) is 32.0 Å². The molecular formula is C18H18Cl2N2O3. The summed E-state index contributed by atoms with van der Waals surface area (Å²) in [5.74, 6) is -0.311. The van der Waals surface area contributed by atoms with E-state index in [4.69, 9.17) is 27.9 Å². The molecule has 0 fully saturated rings. The lowest BCUT2D eigenvalue weighted by molar-refractivity contribution is -0.129. The highest BCUT2D eigenvalue weighted by atomic mass is 35.5. The van der Waals surface area contributed by atoms with Gasteiger partial charge in [0.15, 0.2) is 6.61 Å². The van der Waals surface area contributed by atoms with Crippen LogP contribution in [0.4, 0.5) is 0 Å². The van der Waals surface area contributed by atoms with Crippen molar-refractivity contribution >= 4 is 35.0 Å². The van der Waals surface area contributed by atoms with Crippen LogP contribution in [-0.4, -0.2) is 18.4 Å². The van der Waals surface area contributed by atoms with Crippen molar-refractivity contribution < 1.29 is 14.3 Å². The van der Waals surface area contributed by atoms with Gasteiger partial charge in [0.25, 0.3) is 5.91 Å². The zero-order chi connectivity index (χ0) is 18.4. The van der Waals surface area contributed by atoms with Crippen molar-refractivity contribution in [3.63, 3.8) is 0 Å². The van der Waals surface area contributed by atoms with Crippen LogP contribution in [0.15, 0.2) is 36.4 Å². The van der Waals surface area contributed by atoms with E-state index in [9.17, 15) is 9.59 Å². The van der Waals surface area contributed by atoms with Gasteiger partial charge in [0.1, 0.15) is 5.75 Å². The highest BCUT2D eigenvalue weighted by Gasteiger charge is 2.12. The van der Waals surface area contributed by atoms with E-state index in [0.29, 0.717) is 21.4 Å². The monoisotopic (exact) mass is 380 g/mol. The van der Waals surface area contributed by atoms with Gasteiger partial charge < -0.3 is 4.74 Å². The van der Waals surface area contributed by atoms with Gasteiger partial charge in [0, 0.05) is 10.0 Å². The molecule has 2 aromatic rings. The molecule has 5 nitrogen and oxygen atoms in total. The molecule has 2 aromatic carbocycles. The molecule has 0 aliphatic carbocycles. The van der Waals surface area contributed by atoms with E-state index in [2.05, 4.69) is 10.9 Å². The summed E-state index contributed by atoms with van der Waals surface area (Å²) >= 11 is 12.0. The molecule has 0 saturated carbocycles. The van der Waals surface area contributed by atoms with Gasteiger partial charge in [-0.3, -0.25) is 20.4 Å². The van der Waals surface area contributed by atoms with E-state index in [0.717, 1.165) is 11.1 Å². The first-order valence-corrected chi connectivity index (χ1v) is 8.32. The standard InChI is InChI=1S/C18H18Cl2N2O3/c1-11-6-12(2)8-13(7-11)25-10-18(24)22-21-17(23)9-14-15(19)4-3-5-16(14)20/h3-8H,9-10H2,1-2H3,(H,21,23)(H,22,24). The van der Waals surface area contributed by atoms with Gasteiger partial charge in [-0.2, -0.15) is 0 Å². The van der Waals surface area contributed by atoms with Crippen molar-refractivity contribution in [2.45, 2.75) is 20.3 Å². The minimum absolute atomic E-state index is 0.0449.